The number of fused-ring (bicyclic) bond motifs is 1. The van der Waals surface area contributed by atoms with E-state index in [0.29, 0.717) is 0 Å². The van der Waals surface area contributed by atoms with Crippen LogP contribution in [-0.4, -0.2) is 0 Å². The summed E-state index contributed by atoms with van der Waals surface area (Å²) in [6.45, 7) is 4.57. The highest BCUT2D eigenvalue weighted by Crippen LogP contribution is 2.44. The Morgan fingerprint density at radius 1 is 1.15 bits per heavy atom. The third-order valence-electron chi connectivity index (χ3n) is 2.57. The van der Waals surface area contributed by atoms with Gasteiger partial charge in [-0.15, -0.1) is 7.53 Å². The first kappa shape index (κ1) is 8.84. The Labute approximate surface area is 80.6 Å². The van der Waals surface area contributed by atoms with Crippen molar-refractivity contribution in [2.24, 2.45) is 0 Å². The van der Waals surface area contributed by atoms with Crippen LogP contribution in [0.4, 0.5) is 0 Å². The van der Waals surface area contributed by atoms with Crippen LogP contribution in [0.25, 0.3) is 10.5 Å². The fraction of sp³-hybridized carbons (Fsp3) is 0.333. The van der Waals surface area contributed by atoms with Gasteiger partial charge in [-0.3, -0.25) is 0 Å². The number of hydrogen-bond acceptors (Lipinski definition) is 0. The van der Waals surface area contributed by atoms with Crippen molar-refractivity contribution in [2.45, 2.75) is 26.4 Å². The highest BCUT2D eigenvalue weighted by Gasteiger charge is 2.05. The third kappa shape index (κ3) is 1.40. The molecule has 1 aromatic heterocycles. The fourth-order valence-electron chi connectivity index (χ4n) is 1.93. The van der Waals surface area contributed by atoms with Crippen molar-refractivity contribution < 1.29 is 0 Å². The molecule has 0 aliphatic rings. The molecule has 0 bridgehead atoms. The number of hydrogen-bond donors (Lipinski definition) is 0. The van der Waals surface area contributed by atoms with Crippen LogP contribution in [0.5, 0.6) is 0 Å². The maximum atomic E-state index is 2.39. The van der Waals surface area contributed by atoms with E-state index < -0.39 is 0 Å². The molecule has 0 saturated heterocycles. The normalized spacial score (nSPS) is 12.3. The lowest BCUT2D eigenvalue weighted by molar-refractivity contribution is 1.18. The van der Waals surface area contributed by atoms with Gasteiger partial charge in [0.15, 0.2) is 0 Å². The Balaban J connectivity index is 2.73. The molecule has 0 fully saturated rings. The summed E-state index contributed by atoms with van der Waals surface area (Å²) < 4.78 is 0. The Kier molecular flexibility index (Phi) is 2.42. The molecule has 2 aromatic rings. The Morgan fingerprint density at radius 2 is 1.92 bits per heavy atom. The van der Waals surface area contributed by atoms with Crippen molar-refractivity contribution in [3.05, 3.63) is 35.6 Å². The van der Waals surface area contributed by atoms with Gasteiger partial charge in [0, 0.05) is 5.12 Å². The van der Waals surface area contributed by atoms with Gasteiger partial charge in [0.25, 0.3) is 0 Å². The molecule has 13 heavy (non-hydrogen) atoms. The van der Waals surface area contributed by atoms with Gasteiger partial charge in [0.1, 0.15) is 0 Å². The molecule has 0 amide bonds. The van der Waals surface area contributed by atoms with Gasteiger partial charge in [-0.2, -0.15) is 0 Å². The van der Waals surface area contributed by atoms with Crippen LogP contribution in [0.3, 0.4) is 0 Å². The van der Waals surface area contributed by atoms with Crippen molar-refractivity contribution in [3.8, 4) is 0 Å². The summed E-state index contributed by atoms with van der Waals surface area (Å²) in [5.74, 6) is 0. The second-order valence-corrected chi connectivity index (χ2v) is 5.84. The Bertz CT molecular complexity index is 412. The molecule has 0 nitrogen and oxygen atoms in total. The van der Waals surface area contributed by atoms with E-state index in [1.165, 1.54) is 18.0 Å². The molecule has 1 heterocycles. The minimum atomic E-state index is 0.0388. The molecule has 0 aliphatic carbocycles. The van der Waals surface area contributed by atoms with Gasteiger partial charge >= 0.3 is 0 Å². The molecule has 0 N–H and O–H groups in total. The van der Waals surface area contributed by atoms with Crippen LogP contribution in [0.15, 0.2) is 30.3 Å². The molecular weight excluding hydrogens is 175 g/mol. The van der Waals surface area contributed by atoms with Gasteiger partial charge in [0.2, 0.25) is 0 Å². The van der Waals surface area contributed by atoms with E-state index in [9.17, 15) is 0 Å². The van der Waals surface area contributed by atoms with Crippen LogP contribution < -0.4 is 0 Å². The number of benzene rings is 1. The van der Waals surface area contributed by atoms with Gasteiger partial charge in [0.05, 0.1) is 0 Å². The lowest BCUT2D eigenvalue weighted by Crippen LogP contribution is -1.69. The molecule has 0 saturated carbocycles. The summed E-state index contributed by atoms with van der Waals surface area (Å²) in [5, 5.41) is 4.72. The van der Waals surface area contributed by atoms with Gasteiger partial charge in [-0.05, 0) is 29.3 Å². The molecular formula is C12H15P. The van der Waals surface area contributed by atoms with Crippen LogP contribution in [0.1, 0.15) is 19.1 Å². The molecule has 0 aliphatic heterocycles. The minimum Gasteiger partial charge on any atom is -0.114 e. The maximum Gasteiger partial charge on any atom is 0.00142 e. The van der Waals surface area contributed by atoms with Crippen molar-refractivity contribution in [2.75, 3.05) is 0 Å². The highest BCUT2D eigenvalue weighted by atomic mass is 31.1. The van der Waals surface area contributed by atoms with Crippen LogP contribution >= 0.6 is 7.53 Å². The van der Waals surface area contributed by atoms with E-state index in [1.54, 1.807) is 10.4 Å². The zero-order chi connectivity index (χ0) is 9.26. The zero-order valence-corrected chi connectivity index (χ0v) is 9.14. The van der Waals surface area contributed by atoms with Crippen molar-refractivity contribution >= 4 is 18.0 Å². The topological polar surface area (TPSA) is 0 Å². The smallest absolute Gasteiger partial charge is 0.00142 e. The summed E-state index contributed by atoms with van der Waals surface area (Å²) in [6, 6.07) is 11.2. The molecule has 1 aromatic carbocycles. The quantitative estimate of drug-likeness (QED) is 0.658. The first-order valence-electron chi connectivity index (χ1n) is 4.94. The Morgan fingerprint density at radius 3 is 2.62 bits per heavy atom. The van der Waals surface area contributed by atoms with Crippen molar-refractivity contribution in [1.82, 2.24) is 0 Å². The highest BCUT2D eigenvalue weighted by molar-refractivity contribution is 7.55. The van der Waals surface area contributed by atoms with E-state index >= 15 is 0 Å². The molecule has 0 spiro atoms. The van der Waals surface area contributed by atoms with Crippen LogP contribution in [-0.2, 0) is 12.6 Å². The molecule has 1 atom stereocenters. The second-order valence-electron chi connectivity index (χ2n) is 3.29. The average Bonchev–Trinajstić information content (AvgIpc) is 2.55. The SMILES string of the molecule is CCc1cc2ccccc2p1CC. The number of rotatable bonds is 2. The Hall–Kier alpha value is -0.740. The molecule has 0 radical (unpaired) electrons. The molecule has 2 rings (SSSR count). The van der Waals surface area contributed by atoms with Crippen molar-refractivity contribution in [3.63, 3.8) is 0 Å². The standard InChI is InChI=1S/C12H15P/c1-3-11-9-10-7-5-6-8-12(10)13(11)4-2/h5-9H,3-4H2,1-2H3. The van der Waals surface area contributed by atoms with E-state index in [0.717, 1.165) is 0 Å². The largest absolute Gasteiger partial charge is 0.114 e. The zero-order valence-electron chi connectivity index (χ0n) is 8.25. The van der Waals surface area contributed by atoms with E-state index in [-0.39, 0.29) is 7.53 Å². The van der Waals surface area contributed by atoms with E-state index in [1.807, 2.05) is 0 Å². The fourth-order valence-corrected chi connectivity index (χ4v) is 4.38. The van der Waals surface area contributed by atoms with E-state index in [2.05, 4.69) is 44.2 Å². The molecule has 1 heteroatoms. The lowest BCUT2D eigenvalue weighted by Gasteiger charge is -1.99. The lowest BCUT2D eigenvalue weighted by atomic mass is 10.2. The van der Waals surface area contributed by atoms with Crippen LogP contribution in [0.2, 0.25) is 0 Å². The summed E-state index contributed by atoms with van der Waals surface area (Å²) in [6.07, 6.45) is 2.51. The summed E-state index contributed by atoms with van der Waals surface area (Å²) >= 11 is 0. The first-order chi connectivity index (χ1) is 6.36. The minimum absolute atomic E-state index is 0.0388. The predicted molar refractivity (Wildman–Crippen MR) is 61.7 cm³/mol. The van der Waals surface area contributed by atoms with Gasteiger partial charge in [-0.1, -0.05) is 38.1 Å². The van der Waals surface area contributed by atoms with Gasteiger partial charge < -0.3 is 0 Å². The molecule has 68 valence electrons. The summed E-state index contributed by atoms with van der Waals surface area (Å²) in [4.78, 5) is 0. The average molecular weight is 190 g/mol. The van der Waals surface area contributed by atoms with Crippen molar-refractivity contribution in [1.29, 1.82) is 0 Å². The summed E-state index contributed by atoms with van der Waals surface area (Å²) in [7, 11) is 0.0388. The van der Waals surface area contributed by atoms with Gasteiger partial charge in [-0.25, -0.2) is 0 Å². The third-order valence-corrected chi connectivity index (χ3v) is 5.33. The predicted octanol–water partition coefficient (Wildman–Crippen LogP) is 4.41. The van der Waals surface area contributed by atoms with E-state index in [4.69, 9.17) is 0 Å². The maximum absolute atomic E-state index is 2.39. The first-order valence-corrected chi connectivity index (χ1v) is 6.46. The summed E-state index contributed by atoms with van der Waals surface area (Å²) in [5.41, 5.74) is 0. The van der Waals surface area contributed by atoms with Crippen LogP contribution in [0, 0.1) is 0 Å². The second kappa shape index (κ2) is 3.55. The number of aryl methyl sites for hydroxylation is 2. The molecule has 1 unspecified atom stereocenters. The monoisotopic (exact) mass is 190 g/mol.